The van der Waals surface area contributed by atoms with Gasteiger partial charge in [-0.25, -0.2) is 17.9 Å². The first-order valence-corrected chi connectivity index (χ1v) is 9.87. The van der Waals surface area contributed by atoms with Gasteiger partial charge in [-0.05, 0) is 31.2 Å². The second-order valence-electron chi connectivity index (χ2n) is 5.03. The Hall–Kier alpha value is -1.61. The Balaban J connectivity index is 1.70. The molecule has 1 aromatic carbocycles. The van der Waals surface area contributed by atoms with Crippen molar-refractivity contribution in [1.82, 2.24) is 15.4 Å². The van der Waals surface area contributed by atoms with Crippen molar-refractivity contribution in [3.63, 3.8) is 0 Å². The third-order valence-electron chi connectivity index (χ3n) is 3.09. The summed E-state index contributed by atoms with van der Waals surface area (Å²) in [5.41, 5.74) is 0.985. The molecule has 24 heavy (non-hydrogen) atoms. The van der Waals surface area contributed by atoms with Crippen molar-refractivity contribution in [3.8, 4) is 0 Å². The highest BCUT2D eigenvalue weighted by Crippen LogP contribution is 2.20. The van der Waals surface area contributed by atoms with Crippen molar-refractivity contribution in [2.24, 2.45) is 0 Å². The first-order valence-electron chi connectivity index (χ1n) is 7.19. The molecular formula is C15H18ClN3O3S2. The Labute approximate surface area is 150 Å². The zero-order valence-electron chi connectivity index (χ0n) is 13.0. The molecule has 0 aliphatic heterocycles. The van der Waals surface area contributed by atoms with Crippen LogP contribution in [0.4, 0.5) is 4.79 Å². The van der Waals surface area contributed by atoms with Gasteiger partial charge in [0.2, 0.25) is 10.0 Å². The molecule has 6 nitrogen and oxygen atoms in total. The lowest BCUT2D eigenvalue weighted by Crippen LogP contribution is -2.39. The summed E-state index contributed by atoms with van der Waals surface area (Å²) in [6.07, 6.45) is 0. The molecule has 0 spiro atoms. The summed E-state index contributed by atoms with van der Waals surface area (Å²) in [5, 5.41) is 5.26. The summed E-state index contributed by atoms with van der Waals surface area (Å²) in [6.45, 7) is 2.55. The molecule has 3 N–H and O–H groups in total. The summed E-state index contributed by atoms with van der Waals surface area (Å²) < 4.78 is 27.2. The van der Waals surface area contributed by atoms with Gasteiger partial charge in [-0.2, -0.15) is 0 Å². The number of aryl methyl sites for hydroxylation is 1. The fourth-order valence-corrected chi connectivity index (χ4v) is 3.90. The van der Waals surface area contributed by atoms with E-state index in [1.165, 1.54) is 11.3 Å². The van der Waals surface area contributed by atoms with E-state index in [1.807, 2.05) is 13.0 Å². The molecule has 0 atom stereocenters. The Bertz CT molecular complexity index is 789. The third-order valence-corrected chi connectivity index (χ3v) is 5.79. The first kappa shape index (κ1) is 18.7. The predicted molar refractivity (Wildman–Crippen MR) is 95.9 cm³/mol. The zero-order valence-corrected chi connectivity index (χ0v) is 15.4. The highest BCUT2D eigenvalue weighted by molar-refractivity contribution is 7.89. The number of benzene rings is 1. The maximum absolute atomic E-state index is 12.1. The third kappa shape index (κ3) is 5.79. The van der Waals surface area contributed by atoms with E-state index in [-0.39, 0.29) is 24.0 Å². The summed E-state index contributed by atoms with van der Waals surface area (Å²) >= 11 is 7.20. The Kier molecular flexibility index (Phi) is 6.61. The van der Waals surface area contributed by atoms with E-state index in [0.717, 1.165) is 10.4 Å². The minimum atomic E-state index is -3.56. The topological polar surface area (TPSA) is 87.3 Å². The van der Waals surface area contributed by atoms with Crippen LogP contribution in [0.2, 0.25) is 4.34 Å². The van der Waals surface area contributed by atoms with E-state index in [0.29, 0.717) is 10.9 Å². The molecule has 0 radical (unpaired) electrons. The van der Waals surface area contributed by atoms with Crippen molar-refractivity contribution >= 4 is 39.0 Å². The molecule has 0 saturated heterocycles. The van der Waals surface area contributed by atoms with Gasteiger partial charge >= 0.3 is 6.03 Å². The van der Waals surface area contributed by atoms with Crippen molar-refractivity contribution < 1.29 is 13.2 Å². The Morgan fingerprint density at radius 3 is 2.42 bits per heavy atom. The van der Waals surface area contributed by atoms with Crippen molar-refractivity contribution in [3.05, 3.63) is 51.2 Å². The average Bonchev–Trinajstić information content (AvgIpc) is 2.95. The van der Waals surface area contributed by atoms with Gasteiger partial charge in [-0.15, -0.1) is 11.3 Å². The number of urea groups is 1. The molecule has 0 aliphatic carbocycles. The number of amides is 2. The van der Waals surface area contributed by atoms with Crippen molar-refractivity contribution in [2.75, 3.05) is 13.1 Å². The van der Waals surface area contributed by atoms with Gasteiger partial charge in [0, 0.05) is 18.0 Å². The smallest absolute Gasteiger partial charge is 0.315 e. The molecule has 1 heterocycles. The number of carbonyl (C=O) groups excluding carboxylic acids is 1. The number of thiophene rings is 1. The number of carbonyl (C=O) groups is 1. The summed E-state index contributed by atoms with van der Waals surface area (Å²) in [4.78, 5) is 12.8. The van der Waals surface area contributed by atoms with Crippen LogP contribution in [-0.4, -0.2) is 27.5 Å². The lowest BCUT2D eigenvalue weighted by Gasteiger charge is -2.09. The molecule has 130 valence electrons. The minimum absolute atomic E-state index is 0.106. The van der Waals surface area contributed by atoms with E-state index >= 15 is 0 Å². The van der Waals surface area contributed by atoms with Crippen LogP contribution in [-0.2, 0) is 16.6 Å². The van der Waals surface area contributed by atoms with E-state index in [4.69, 9.17) is 11.6 Å². The van der Waals surface area contributed by atoms with Crippen LogP contribution in [0.3, 0.4) is 0 Å². The van der Waals surface area contributed by atoms with Crippen LogP contribution in [0.15, 0.2) is 41.3 Å². The van der Waals surface area contributed by atoms with Gasteiger partial charge in [-0.3, -0.25) is 0 Å². The Morgan fingerprint density at radius 2 is 1.79 bits per heavy atom. The summed E-state index contributed by atoms with van der Waals surface area (Å²) in [6, 6.07) is 9.79. The monoisotopic (exact) mass is 387 g/mol. The predicted octanol–water partition coefficient (Wildman–Crippen LogP) is 2.49. The molecule has 1 aromatic heterocycles. The van der Waals surface area contributed by atoms with Gasteiger partial charge in [0.1, 0.15) is 0 Å². The molecule has 2 rings (SSSR count). The standard InChI is InChI=1S/C15H18ClN3O3S2/c1-11-2-5-13(6-3-11)24(21,22)19-9-8-17-15(20)18-10-12-4-7-14(16)23-12/h2-7,19H,8-10H2,1H3,(H2,17,18,20). The van der Waals surface area contributed by atoms with Crippen molar-refractivity contribution in [1.29, 1.82) is 0 Å². The fraction of sp³-hybridized carbons (Fsp3) is 0.267. The van der Waals surface area contributed by atoms with Crippen LogP contribution in [0.5, 0.6) is 0 Å². The molecule has 2 amide bonds. The van der Waals surface area contributed by atoms with Crippen LogP contribution in [0, 0.1) is 6.92 Å². The molecule has 0 unspecified atom stereocenters. The summed E-state index contributed by atoms with van der Waals surface area (Å²) in [5.74, 6) is 0. The van der Waals surface area contributed by atoms with Gasteiger partial charge < -0.3 is 10.6 Å². The van der Waals surface area contributed by atoms with Crippen molar-refractivity contribution in [2.45, 2.75) is 18.4 Å². The van der Waals surface area contributed by atoms with Crippen LogP contribution >= 0.6 is 22.9 Å². The van der Waals surface area contributed by atoms with Crippen LogP contribution in [0.25, 0.3) is 0 Å². The second kappa shape index (κ2) is 8.48. The van der Waals surface area contributed by atoms with E-state index in [2.05, 4.69) is 15.4 Å². The molecule has 2 aromatic rings. The van der Waals surface area contributed by atoms with Gasteiger partial charge in [-0.1, -0.05) is 29.3 Å². The number of sulfonamides is 1. The van der Waals surface area contributed by atoms with E-state index < -0.39 is 10.0 Å². The normalized spacial score (nSPS) is 11.2. The SMILES string of the molecule is Cc1ccc(S(=O)(=O)NCCNC(=O)NCc2ccc(Cl)s2)cc1. The largest absolute Gasteiger partial charge is 0.337 e. The highest BCUT2D eigenvalue weighted by Gasteiger charge is 2.12. The molecule has 0 saturated carbocycles. The fourth-order valence-electron chi connectivity index (χ4n) is 1.84. The second-order valence-corrected chi connectivity index (χ2v) is 8.59. The molecular weight excluding hydrogens is 370 g/mol. The number of hydrogen-bond donors (Lipinski definition) is 3. The van der Waals surface area contributed by atoms with Crippen LogP contribution in [0.1, 0.15) is 10.4 Å². The lowest BCUT2D eigenvalue weighted by molar-refractivity contribution is 0.240. The molecule has 9 heteroatoms. The molecule has 0 aliphatic rings. The number of halogens is 1. The van der Waals surface area contributed by atoms with E-state index in [1.54, 1.807) is 30.3 Å². The highest BCUT2D eigenvalue weighted by atomic mass is 35.5. The number of nitrogens with one attached hydrogen (secondary N) is 3. The average molecular weight is 388 g/mol. The van der Waals surface area contributed by atoms with Crippen LogP contribution < -0.4 is 15.4 Å². The molecule has 0 bridgehead atoms. The maximum Gasteiger partial charge on any atom is 0.315 e. The zero-order chi connectivity index (χ0) is 17.6. The minimum Gasteiger partial charge on any atom is -0.337 e. The van der Waals surface area contributed by atoms with E-state index in [9.17, 15) is 13.2 Å². The number of hydrogen-bond acceptors (Lipinski definition) is 4. The number of rotatable bonds is 7. The summed E-state index contributed by atoms with van der Waals surface area (Å²) in [7, 11) is -3.56. The van der Waals surface area contributed by atoms with Gasteiger partial charge in [0.05, 0.1) is 15.8 Å². The maximum atomic E-state index is 12.1. The van der Waals surface area contributed by atoms with Gasteiger partial charge in [0.15, 0.2) is 0 Å². The quantitative estimate of drug-likeness (QED) is 0.638. The lowest BCUT2D eigenvalue weighted by atomic mass is 10.2. The Morgan fingerprint density at radius 1 is 1.08 bits per heavy atom. The molecule has 0 fully saturated rings. The first-order chi connectivity index (χ1) is 11.4. The van der Waals surface area contributed by atoms with Gasteiger partial charge in [0.25, 0.3) is 0 Å².